The number of hydrogen-bond acceptors (Lipinski definition) is 8. The monoisotopic (exact) mass is 600 g/mol. The summed E-state index contributed by atoms with van der Waals surface area (Å²) >= 11 is 0. The first-order valence-electron chi connectivity index (χ1n) is 13.3. The third-order valence-corrected chi connectivity index (χ3v) is 5.93. The van der Waals surface area contributed by atoms with Gasteiger partial charge in [0.2, 0.25) is 5.82 Å². The highest BCUT2D eigenvalue weighted by Crippen LogP contribution is 2.26. The van der Waals surface area contributed by atoms with Crippen molar-refractivity contribution in [2.24, 2.45) is 0 Å². The van der Waals surface area contributed by atoms with E-state index in [0.29, 0.717) is 28.1 Å². The Hall–Kier alpha value is -5.70. The van der Waals surface area contributed by atoms with E-state index in [0.717, 1.165) is 6.07 Å². The fourth-order valence-electron chi connectivity index (χ4n) is 3.87. The molecule has 0 fully saturated rings. The number of benzene rings is 3. The summed E-state index contributed by atoms with van der Waals surface area (Å²) in [4.78, 5) is 40.3. The Morgan fingerprint density at radius 2 is 1.75 bits per heavy atom. The van der Waals surface area contributed by atoms with Crippen molar-refractivity contribution >= 4 is 23.7 Å². The maximum atomic E-state index is 15.1. The number of rotatable bonds is 8. The van der Waals surface area contributed by atoms with Gasteiger partial charge in [0.15, 0.2) is 0 Å². The molecular weight excluding hydrogens is 571 g/mol. The Balaban J connectivity index is 1.40. The van der Waals surface area contributed by atoms with Gasteiger partial charge in [-0.05, 0) is 87.0 Å². The Morgan fingerprint density at radius 1 is 1.05 bits per heavy atom. The van der Waals surface area contributed by atoms with Crippen LogP contribution >= 0.6 is 0 Å². The van der Waals surface area contributed by atoms with Gasteiger partial charge in [0, 0.05) is 29.2 Å². The van der Waals surface area contributed by atoms with Crippen LogP contribution in [0, 0.1) is 17.7 Å². The van der Waals surface area contributed by atoms with Gasteiger partial charge in [0.25, 0.3) is 11.8 Å². The van der Waals surface area contributed by atoms with Crippen LogP contribution in [0.5, 0.6) is 5.75 Å². The molecule has 0 unspecified atom stereocenters. The van der Waals surface area contributed by atoms with Crippen LogP contribution in [-0.4, -0.2) is 52.0 Å². The zero-order chi connectivity index (χ0) is 31.9. The molecule has 4 rings (SSSR count). The van der Waals surface area contributed by atoms with Crippen molar-refractivity contribution < 1.29 is 37.9 Å². The molecule has 0 saturated heterocycles. The van der Waals surface area contributed by atoms with Crippen molar-refractivity contribution in [2.75, 3.05) is 12.4 Å². The second-order valence-electron chi connectivity index (χ2n) is 10.5. The van der Waals surface area contributed by atoms with E-state index in [1.54, 1.807) is 69.3 Å². The lowest BCUT2D eigenvalue weighted by Crippen LogP contribution is -2.41. The molecule has 226 valence electrons. The number of carbonyl (C=O) groups excluding carboxylic acids is 2. The number of carboxylic acids is 1. The van der Waals surface area contributed by atoms with Crippen LogP contribution < -0.4 is 15.4 Å². The zero-order valence-electron chi connectivity index (χ0n) is 24.3. The van der Waals surface area contributed by atoms with E-state index < -0.39 is 35.4 Å². The fourth-order valence-corrected chi connectivity index (χ4v) is 3.87. The quantitative estimate of drug-likeness (QED) is 0.236. The summed E-state index contributed by atoms with van der Waals surface area (Å²) < 4.78 is 30.7. The van der Waals surface area contributed by atoms with Crippen molar-refractivity contribution in [2.45, 2.75) is 38.8 Å². The molecule has 3 N–H and O–H groups in total. The molecule has 0 bridgehead atoms. The lowest BCUT2D eigenvalue weighted by Gasteiger charge is -2.19. The number of nitrogens with one attached hydrogen (secondary N) is 2. The Kier molecular flexibility index (Phi) is 9.60. The zero-order valence-corrected chi connectivity index (χ0v) is 24.3. The normalized spacial score (nSPS) is 11.5. The number of methoxy groups -OCH3 is 1. The fraction of sp³-hybridized carbons (Fsp3) is 0.219. The maximum absolute atomic E-state index is 15.1. The average Bonchev–Trinajstić information content (AvgIpc) is 3.45. The van der Waals surface area contributed by atoms with Gasteiger partial charge in [-0.2, -0.15) is 4.98 Å². The Morgan fingerprint density at radius 3 is 2.36 bits per heavy atom. The van der Waals surface area contributed by atoms with Gasteiger partial charge in [-0.15, -0.1) is 0 Å². The van der Waals surface area contributed by atoms with Crippen LogP contribution in [0.25, 0.3) is 22.8 Å². The number of carboxylic acid groups (broad SMARTS) is 1. The van der Waals surface area contributed by atoms with Crippen molar-refractivity contribution in [1.29, 1.82) is 0 Å². The number of nitrogens with zero attached hydrogens (tertiary/aromatic N) is 2. The van der Waals surface area contributed by atoms with E-state index in [4.69, 9.17) is 14.0 Å². The molecule has 0 aliphatic rings. The van der Waals surface area contributed by atoms with Crippen LogP contribution in [0.1, 0.15) is 31.9 Å². The van der Waals surface area contributed by atoms with E-state index in [9.17, 15) is 19.5 Å². The topological polar surface area (TPSA) is 153 Å². The number of aliphatic carboxylic acids is 1. The van der Waals surface area contributed by atoms with Crippen molar-refractivity contribution in [3.63, 3.8) is 0 Å². The molecular formula is C32H29FN4O7. The van der Waals surface area contributed by atoms with Gasteiger partial charge < -0.3 is 24.4 Å². The molecule has 0 spiro atoms. The number of amides is 2. The third kappa shape index (κ3) is 8.65. The average molecular weight is 601 g/mol. The molecule has 0 saturated carbocycles. The second-order valence-corrected chi connectivity index (χ2v) is 10.5. The maximum Gasteiger partial charge on any atom is 0.412 e. The van der Waals surface area contributed by atoms with Gasteiger partial charge in [0.05, 0.1) is 12.7 Å². The van der Waals surface area contributed by atoms with Gasteiger partial charge in [0.1, 0.15) is 23.2 Å². The third-order valence-electron chi connectivity index (χ3n) is 5.93. The van der Waals surface area contributed by atoms with Crippen molar-refractivity contribution in [3.05, 3.63) is 83.7 Å². The van der Waals surface area contributed by atoms with Gasteiger partial charge in [-0.1, -0.05) is 17.1 Å². The highest BCUT2D eigenvalue weighted by molar-refractivity contribution is 5.96. The Bertz CT molecular complexity index is 1720. The largest absolute Gasteiger partial charge is 0.497 e. The predicted molar refractivity (Wildman–Crippen MR) is 158 cm³/mol. The minimum atomic E-state index is -1.34. The summed E-state index contributed by atoms with van der Waals surface area (Å²) in [7, 11) is 1.53. The van der Waals surface area contributed by atoms with E-state index in [1.165, 1.54) is 19.2 Å². The van der Waals surface area contributed by atoms with Crippen LogP contribution in [0.4, 0.5) is 14.9 Å². The van der Waals surface area contributed by atoms with Crippen LogP contribution in [0.2, 0.25) is 0 Å². The number of halogens is 1. The van der Waals surface area contributed by atoms with E-state index in [-0.39, 0.29) is 23.7 Å². The summed E-state index contributed by atoms with van der Waals surface area (Å²) in [5, 5.41) is 18.4. The SMILES string of the molecule is COc1ccc(C#CC(=O)N[C@H](Cc2ccc(-c3noc(-c4ccc(NC(=O)OC(C)(C)C)cc4)n3)c(F)c2)C(=O)O)cc1. The summed E-state index contributed by atoms with van der Waals surface area (Å²) in [5.41, 5.74) is 1.28. The summed E-state index contributed by atoms with van der Waals surface area (Å²) in [6, 6.07) is 15.9. The first-order chi connectivity index (χ1) is 20.9. The standard InChI is InChI=1S/C32H29FN4O7/c1-32(2,3)43-31(41)34-22-11-9-21(10-12-22)29-36-28(37-44-29)24-15-7-20(17-25(24)33)18-26(30(39)40)35-27(38)16-8-19-5-13-23(42-4)14-6-19/h5-7,9-15,17,26H,18H2,1-4H3,(H,34,41)(H,35,38)(H,39,40)/t26-/m1/s1. The molecule has 1 aromatic heterocycles. The smallest absolute Gasteiger partial charge is 0.412 e. The molecule has 44 heavy (non-hydrogen) atoms. The van der Waals surface area contributed by atoms with Crippen molar-refractivity contribution in [1.82, 2.24) is 15.5 Å². The molecule has 1 heterocycles. The van der Waals surface area contributed by atoms with Crippen LogP contribution in [-0.2, 0) is 20.7 Å². The predicted octanol–water partition coefficient (Wildman–Crippen LogP) is 5.06. The van der Waals surface area contributed by atoms with Gasteiger partial charge in [-0.3, -0.25) is 10.1 Å². The molecule has 0 aliphatic heterocycles. The minimum Gasteiger partial charge on any atom is -0.497 e. The van der Waals surface area contributed by atoms with Gasteiger partial charge in [-0.25, -0.2) is 14.0 Å². The van der Waals surface area contributed by atoms with E-state index in [2.05, 4.69) is 32.6 Å². The first kappa shape index (κ1) is 31.2. The molecule has 0 aliphatic carbocycles. The highest BCUT2D eigenvalue weighted by Gasteiger charge is 2.22. The summed E-state index contributed by atoms with van der Waals surface area (Å²) in [6.07, 6.45) is -0.788. The highest BCUT2D eigenvalue weighted by atomic mass is 19.1. The number of hydrogen-bond donors (Lipinski definition) is 3. The summed E-state index contributed by atoms with van der Waals surface area (Å²) in [5.74, 6) is 2.94. The van der Waals surface area contributed by atoms with E-state index in [1.807, 2.05) is 0 Å². The number of aromatic nitrogens is 2. The lowest BCUT2D eigenvalue weighted by molar-refractivity contribution is -0.141. The van der Waals surface area contributed by atoms with Crippen molar-refractivity contribution in [3.8, 4) is 40.4 Å². The molecule has 1 atom stereocenters. The summed E-state index contributed by atoms with van der Waals surface area (Å²) in [6.45, 7) is 5.28. The molecule has 4 aromatic rings. The molecule has 11 nitrogen and oxygen atoms in total. The number of ether oxygens (including phenoxy) is 2. The van der Waals surface area contributed by atoms with Crippen LogP contribution in [0.3, 0.4) is 0 Å². The molecule has 2 amide bonds. The van der Waals surface area contributed by atoms with Gasteiger partial charge >= 0.3 is 12.1 Å². The molecule has 12 heteroatoms. The Labute approximate surface area is 252 Å². The minimum absolute atomic E-state index is 0.0168. The number of carbonyl (C=O) groups is 3. The molecule has 0 radical (unpaired) electrons. The lowest BCUT2D eigenvalue weighted by atomic mass is 10.0. The number of anilines is 1. The first-order valence-corrected chi connectivity index (χ1v) is 13.3. The molecule has 3 aromatic carbocycles. The second kappa shape index (κ2) is 13.5. The van der Waals surface area contributed by atoms with Crippen LogP contribution in [0.15, 0.2) is 71.3 Å². The van der Waals surface area contributed by atoms with E-state index >= 15 is 4.39 Å².